The van der Waals surface area contributed by atoms with Gasteiger partial charge in [0.2, 0.25) is 5.88 Å². The Morgan fingerprint density at radius 3 is 2.75 bits per heavy atom. The molecule has 5 rings (SSSR count). The second kappa shape index (κ2) is 6.83. The van der Waals surface area contributed by atoms with Crippen LogP contribution in [-0.2, 0) is 24.8 Å². The molecule has 1 N–H and O–H groups in total. The van der Waals surface area contributed by atoms with Gasteiger partial charge in [0, 0.05) is 45.5 Å². The largest absolute Gasteiger partial charge is 0.494 e. The molecule has 7 heteroatoms. The number of hydrogen-bond donors (Lipinski definition) is 1. The van der Waals surface area contributed by atoms with Crippen molar-refractivity contribution in [2.75, 3.05) is 31.2 Å². The SMILES string of the molecule is Cn1c(CCn2cc3nccc(N4CCOCC4)c3c2O)nc2ccccc21. The van der Waals surface area contributed by atoms with E-state index in [1.165, 1.54) is 0 Å². The lowest BCUT2D eigenvalue weighted by Gasteiger charge is -2.29. The van der Waals surface area contributed by atoms with E-state index in [1.54, 1.807) is 0 Å². The molecule has 4 aromatic rings. The molecule has 4 heterocycles. The van der Waals surface area contributed by atoms with Crippen molar-refractivity contribution in [2.24, 2.45) is 7.05 Å². The summed E-state index contributed by atoms with van der Waals surface area (Å²) in [5.41, 5.74) is 3.95. The molecule has 0 atom stereocenters. The zero-order valence-corrected chi connectivity index (χ0v) is 15.9. The molecular weight excluding hydrogens is 354 g/mol. The predicted octanol–water partition coefficient (Wildman–Crippen LogP) is 2.71. The molecule has 0 amide bonds. The van der Waals surface area contributed by atoms with Crippen LogP contribution < -0.4 is 4.90 Å². The molecule has 0 radical (unpaired) electrons. The van der Waals surface area contributed by atoms with Crippen molar-refractivity contribution in [3.63, 3.8) is 0 Å². The summed E-state index contributed by atoms with van der Waals surface area (Å²) in [6, 6.07) is 10.1. The van der Waals surface area contributed by atoms with Crippen LogP contribution in [0.3, 0.4) is 0 Å². The minimum Gasteiger partial charge on any atom is -0.494 e. The monoisotopic (exact) mass is 377 g/mol. The van der Waals surface area contributed by atoms with Gasteiger partial charge in [-0.1, -0.05) is 12.1 Å². The second-order valence-electron chi connectivity index (χ2n) is 7.16. The Balaban J connectivity index is 1.46. The number of anilines is 1. The molecule has 1 aliphatic heterocycles. The molecule has 0 saturated carbocycles. The van der Waals surface area contributed by atoms with E-state index < -0.39 is 0 Å². The molecule has 0 spiro atoms. The third-order valence-corrected chi connectivity index (χ3v) is 5.54. The highest BCUT2D eigenvalue weighted by Crippen LogP contribution is 2.35. The number of fused-ring (bicyclic) bond motifs is 2. The molecule has 1 fully saturated rings. The molecule has 0 unspecified atom stereocenters. The summed E-state index contributed by atoms with van der Waals surface area (Å²) in [6.07, 6.45) is 4.46. The molecule has 28 heavy (non-hydrogen) atoms. The quantitative estimate of drug-likeness (QED) is 0.592. The van der Waals surface area contributed by atoms with Gasteiger partial charge in [0.1, 0.15) is 5.82 Å². The van der Waals surface area contributed by atoms with E-state index in [2.05, 4.69) is 20.5 Å². The number of rotatable bonds is 4. The summed E-state index contributed by atoms with van der Waals surface area (Å²) in [4.78, 5) is 11.5. The topological polar surface area (TPSA) is 68.3 Å². The van der Waals surface area contributed by atoms with Crippen LogP contribution in [0, 0.1) is 0 Å². The Morgan fingerprint density at radius 2 is 1.93 bits per heavy atom. The van der Waals surface area contributed by atoms with Crippen LogP contribution >= 0.6 is 0 Å². The number of imidazole rings is 1. The van der Waals surface area contributed by atoms with Gasteiger partial charge in [-0.05, 0) is 18.2 Å². The number of nitrogens with zero attached hydrogens (tertiary/aromatic N) is 5. The van der Waals surface area contributed by atoms with Crippen LogP contribution in [0.15, 0.2) is 42.7 Å². The van der Waals surface area contributed by atoms with Crippen LogP contribution in [-0.4, -0.2) is 50.5 Å². The van der Waals surface area contributed by atoms with Crippen molar-refractivity contribution in [3.05, 3.63) is 48.5 Å². The fourth-order valence-electron chi connectivity index (χ4n) is 4.02. The van der Waals surface area contributed by atoms with Gasteiger partial charge in [-0.2, -0.15) is 0 Å². The summed E-state index contributed by atoms with van der Waals surface area (Å²) in [5.74, 6) is 1.27. The number of ether oxygens (including phenoxy) is 1. The van der Waals surface area contributed by atoms with E-state index in [-0.39, 0.29) is 5.88 Å². The minimum absolute atomic E-state index is 0.267. The molecule has 1 saturated heterocycles. The van der Waals surface area contributed by atoms with E-state index in [0.29, 0.717) is 19.8 Å². The number of pyridine rings is 1. The summed E-state index contributed by atoms with van der Waals surface area (Å²) < 4.78 is 9.45. The Labute approximate surface area is 162 Å². The van der Waals surface area contributed by atoms with Gasteiger partial charge in [-0.15, -0.1) is 0 Å². The van der Waals surface area contributed by atoms with Crippen LogP contribution in [0.2, 0.25) is 0 Å². The molecule has 1 aliphatic rings. The van der Waals surface area contributed by atoms with Gasteiger partial charge in [0.05, 0.1) is 40.8 Å². The number of aromatic hydroxyl groups is 1. The highest BCUT2D eigenvalue weighted by Gasteiger charge is 2.19. The van der Waals surface area contributed by atoms with E-state index in [1.807, 2.05) is 48.3 Å². The minimum atomic E-state index is 0.267. The van der Waals surface area contributed by atoms with Crippen molar-refractivity contribution in [3.8, 4) is 5.88 Å². The van der Waals surface area contributed by atoms with Crippen molar-refractivity contribution < 1.29 is 9.84 Å². The number of morpholine rings is 1. The van der Waals surface area contributed by atoms with Crippen molar-refractivity contribution in [1.82, 2.24) is 19.1 Å². The summed E-state index contributed by atoms with van der Waals surface area (Å²) in [5, 5.41) is 11.7. The van der Waals surface area contributed by atoms with E-state index in [0.717, 1.165) is 53.0 Å². The van der Waals surface area contributed by atoms with Gasteiger partial charge >= 0.3 is 0 Å². The lowest BCUT2D eigenvalue weighted by molar-refractivity contribution is 0.123. The summed E-state index contributed by atoms with van der Waals surface area (Å²) >= 11 is 0. The Morgan fingerprint density at radius 1 is 1.11 bits per heavy atom. The van der Waals surface area contributed by atoms with Crippen molar-refractivity contribution in [2.45, 2.75) is 13.0 Å². The fourth-order valence-corrected chi connectivity index (χ4v) is 4.02. The lowest BCUT2D eigenvalue weighted by Crippen LogP contribution is -2.36. The molecule has 1 aromatic carbocycles. The second-order valence-corrected chi connectivity index (χ2v) is 7.16. The normalized spacial score (nSPS) is 15.0. The summed E-state index contributed by atoms with van der Waals surface area (Å²) in [7, 11) is 2.04. The fraction of sp³-hybridized carbons (Fsp3) is 0.333. The average molecular weight is 377 g/mol. The number of hydrogen-bond acceptors (Lipinski definition) is 5. The average Bonchev–Trinajstić information content (AvgIpc) is 3.24. The molecule has 7 nitrogen and oxygen atoms in total. The molecule has 0 aliphatic carbocycles. The first-order chi connectivity index (χ1) is 13.7. The standard InChI is InChI=1S/C21H23N5O2/c1-24-17-5-3-2-4-15(17)23-19(24)7-9-26-14-16-20(21(26)27)18(6-8-22-16)25-10-12-28-13-11-25/h2-6,8,14,27H,7,9-13H2,1H3. The molecule has 0 bridgehead atoms. The first kappa shape index (κ1) is 17.1. The smallest absolute Gasteiger partial charge is 0.202 e. The highest BCUT2D eigenvalue weighted by molar-refractivity contribution is 5.96. The Hall–Kier alpha value is -3.06. The van der Waals surface area contributed by atoms with Crippen LogP contribution in [0.4, 0.5) is 5.69 Å². The summed E-state index contributed by atoms with van der Waals surface area (Å²) in [6.45, 7) is 3.70. The third-order valence-electron chi connectivity index (χ3n) is 5.54. The van der Waals surface area contributed by atoms with Crippen LogP contribution in [0.25, 0.3) is 21.9 Å². The maximum atomic E-state index is 10.9. The number of para-hydroxylation sites is 2. The Kier molecular flexibility index (Phi) is 4.16. The van der Waals surface area contributed by atoms with Crippen LogP contribution in [0.1, 0.15) is 5.82 Å². The highest BCUT2D eigenvalue weighted by atomic mass is 16.5. The number of aromatic nitrogens is 4. The maximum Gasteiger partial charge on any atom is 0.202 e. The Bertz CT molecular complexity index is 1140. The number of aryl methyl sites for hydroxylation is 3. The maximum absolute atomic E-state index is 10.9. The predicted molar refractivity (Wildman–Crippen MR) is 109 cm³/mol. The van der Waals surface area contributed by atoms with Gasteiger partial charge in [-0.25, -0.2) is 4.98 Å². The lowest BCUT2D eigenvalue weighted by atomic mass is 10.2. The molecular formula is C21H23N5O2. The molecule has 3 aromatic heterocycles. The van der Waals surface area contributed by atoms with Crippen LogP contribution in [0.5, 0.6) is 5.88 Å². The first-order valence-electron chi connectivity index (χ1n) is 9.62. The van der Waals surface area contributed by atoms with Gasteiger partial charge in [-0.3, -0.25) is 4.98 Å². The third kappa shape index (κ3) is 2.79. The van der Waals surface area contributed by atoms with Gasteiger partial charge in [0.25, 0.3) is 0 Å². The van der Waals surface area contributed by atoms with E-state index in [9.17, 15) is 5.11 Å². The first-order valence-corrected chi connectivity index (χ1v) is 9.62. The zero-order valence-electron chi connectivity index (χ0n) is 15.9. The van der Waals surface area contributed by atoms with E-state index >= 15 is 0 Å². The van der Waals surface area contributed by atoms with E-state index in [4.69, 9.17) is 9.72 Å². The molecule has 144 valence electrons. The zero-order chi connectivity index (χ0) is 19.1. The van der Waals surface area contributed by atoms with Crippen molar-refractivity contribution in [1.29, 1.82) is 0 Å². The van der Waals surface area contributed by atoms with Gasteiger partial charge in [0.15, 0.2) is 0 Å². The van der Waals surface area contributed by atoms with Gasteiger partial charge < -0.3 is 23.9 Å². The number of benzene rings is 1. The van der Waals surface area contributed by atoms with Crippen molar-refractivity contribution >= 4 is 27.6 Å².